The van der Waals surface area contributed by atoms with Gasteiger partial charge >= 0.3 is 0 Å². The van der Waals surface area contributed by atoms with E-state index in [4.69, 9.17) is 21.1 Å². The molecule has 4 rings (SSSR count). The lowest BCUT2D eigenvalue weighted by molar-refractivity contribution is -0.132. The zero-order valence-electron chi connectivity index (χ0n) is 19.0. The van der Waals surface area contributed by atoms with Crippen LogP contribution in [0.15, 0.2) is 72.3 Å². The second-order valence-corrected chi connectivity index (χ2v) is 8.26. The fraction of sp³-hybridized carbons (Fsp3) is 0.185. The number of amides is 1. The lowest BCUT2D eigenvalue weighted by Gasteiger charge is -2.25. The van der Waals surface area contributed by atoms with Gasteiger partial charge in [0.15, 0.2) is 0 Å². The Morgan fingerprint density at radius 3 is 2.24 bits per heavy atom. The molecule has 1 fully saturated rings. The summed E-state index contributed by atoms with van der Waals surface area (Å²) in [6.45, 7) is 4.21. The van der Waals surface area contributed by atoms with Crippen molar-refractivity contribution in [2.75, 3.05) is 18.6 Å². The highest BCUT2D eigenvalue weighted by molar-refractivity contribution is 6.51. The molecular formula is C27H24ClNO5. The fourth-order valence-corrected chi connectivity index (χ4v) is 4.23. The predicted molar refractivity (Wildman–Crippen MR) is 132 cm³/mol. The van der Waals surface area contributed by atoms with Crippen LogP contribution in [0.5, 0.6) is 11.5 Å². The summed E-state index contributed by atoms with van der Waals surface area (Å²) in [5.74, 6) is -0.441. The molecule has 174 valence electrons. The highest BCUT2D eigenvalue weighted by Gasteiger charge is 2.47. The first-order valence-corrected chi connectivity index (χ1v) is 11.2. The van der Waals surface area contributed by atoms with Crippen LogP contribution in [0.3, 0.4) is 0 Å². The number of methoxy groups -OCH3 is 1. The number of hydrogen-bond acceptors (Lipinski definition) is 5. The summed E-state index contributed by atoms with van der Waals surface area (Å²) >= 11 is 6.04. The largest absolute Gasteiger partial charge is 0.507 e. The molecule has 1 heterocycles. The zero-order chi connectivity index (χ0) is 24.4. The van der Waals surface area contributed by atoms with Crippen molar-refractivity contribution in [2.45, 2.75) is 19.9 Å². The van der Waals surface area contributed by atoms with E-state index in [0.717, 1.165) is 0 Å². The second kappa shape index (κ2) is 9.61. The lowest BCUT2D eigenvalue weighted by atomic mass is 9.93. The lowest BCUT2D eigenvalue weighted by Crippen LogP contribution is -2.29. The number of hydrogen-bond donors (Lipinski definition) is 1. The Kier molecular flexibility index (Phi) is 6.61. The van der Waals surface area contributed by atoms with Gasteiger partial charge in [-0.05, 0) is 79.6 Å². The Hall–Kier alpha value is -3.77. The van der Waals surface area contributed by atoms with Crippen LogP contribution < -0.4 is 14.4 Å². The minimum atomic E-state index is -0.835. The molecule has 1 aliphatic heterocycles. The number of aliphatic hydroxyl groups is 1. The minimum Gasteiger partial charge on any atom is -0.507 e. The van der Waals surface area contributed by atoms with Crippen LogP contribution in [-0.2, 0) is 9.59 Å². The van der Waals surface area contributed by atoms with Crippen molar-refractivity contribution in [2.24, 2.45) is 0 Å². The van der Waals surface area contributed by atoms with Crippen LogP contribution in [0.2, 0.25) is 5.02 Å². The molecule has 6 nitrogen and oxygen atoms in total. The number of carbonyl (C=O) groups excluding carboxylic acids is 2. The van der Waals surface area contributed by atoms with Gasteiger partial charge in [0.1, 0.15) is 17.3 Å². The third-order valence-electron chi connectivity index (χ3n) is 5.74. The summed E-state index contributed by atoms with van der Waals surface area (Å²) in [7, 11) is 1.55. The summed E-state index contributed by atoms with van der Waals surface area (Å²) < 4.78 is 10.8. The molecular weight excluding hydrogens is 454 g/mol. The Bertz CT molecular complexity index is 1270. The number of halogens is 1. The first-order chi connectivity index (χ1) is 16.3. The second-order valence-electron chi connectivity index (χ2n) is 7.83. The van der Waals surface area contributed by atoms with Gasteiger partial charge in [0, 0.05) is 16.3 Å². The van der Waals surface area contributed by atoms with Gasteiger partial charge in [-0.3, -0.25) is 14.5 Å². The minimum absolute atomic E-state index is 0.0115. The first-order valence-electron chi connectivity index (χ1n) is 10.8. The molecule has 0 saturated carbocycles. The molecule has 1 aliphatic rings. The topological polar surface area (TPSA) is 76.1 Å². The molecule has 1 saturated heterocycles. The smallest absolute Gasteiger partial charge is 0.300 e. The van der Waals surface area contributed by atoms with Gasteiger partial charge in [0.25, 0.3) is 11.7 Å². The maximum atomic E-state index is 13.3. The van der Waals surface area contributed by atoms with Crippen LogP contribution in [0, 0.1) is 6.92 Å². The number of rotatable bonds is 6. The summed E-state index contributed by atoms with van der Waals surface area (Å²) in [5, 5.41) is 11.8. The number of carbonyl (C=O) groups is 2. The molecule has 1 amide bonds. The highest BCUT2D eigenvalue weighted by Crippen LogP contribution is 2.43. The van der Waals surface area contributed by atoms with Crippen LogP contribution in [0.4, 0.5) is 5.69 Å². The van der Waals surface area contributed by atoms with Crippen molar-refractivity contribution in [1.29, 1.82) is 0 Å². The van der Waals surface area contributed by atoms with E-state index >= 15 is 0 Å². The first kappa shape index (κ1) is 23.4. The van der Waals surface area contributed by atoms with Crippen molar-refractivity contribution in [3.05, 3.63) is 94.0 Å². The van der Waals surface area contributed by atoms with Gasteiger partial charge in [-0.2, -0.15) is 0 Å². The van der Waals surface area contributed by atoms with Crippen LogP contribution >= 0.6 is 11.6 Å². The molecule has 7 heteroatoms. The van der Waals surface area contributed by atoms with E-state index in [-0.39, 0.29) is 11.3 Å². The Balaban J connectivity index is 1.91. The molecule has 1 atom stereocenters. The number of aliphatic hydroxyl groups excluding tert-OH is 1. The summed E-state index contributed by atoms with van der Waals surface area (Å²) in [4.78, 5) is 27.9. The standard InChI is InChI=1S/C27H24ClNO5/c1-4-34-20-11-5-17(6-12-20)24-23(25(30)22-14-13-21(33-3)15-16(22)2)26(31)27(32)29(24)19-9-7-18(28)8-10-19/h5-15,24,30H,4H2,1-3H3/b25-23-. The third-order valence-corrected chi connectivity index (χ3v) is 6.00. The normalized spacial score (nSPS) is 17.2. The molecule has 0 spiro atoms. The Labute approximate surface area is 203 Å². The van der Waals surface area contributed by atoms with E-state index in [2.05, 4.69) is 0 Å². The molecule has 3 aromatic rings. The van der Waals surface area contributed by atoms with Crippen molar-refractivity contribution in [1.82, 2.24) is 0 Å². The maximum absolute atomic E-state index is 13.3. The summed E-state index contributed by atoms with van der Waals surface area (Å²) in [6, 6.07) is 18.1. The van der Waals surface area contributed by atoms with Crippen LogP contribution in [0.25, 0.3) is 5.76 Å². The number of nitrogens with zero attached hydrogens (tertiary/aromatic N) is 1. The number of benzene rings is 3. The van der Waals surface area contributed by atoms with E-state index in [1.165, 1.54) is 4.90 Å². The number of aryl methyl sites for hydroxylation is 1. The van der Waals surface area contributed by atoms with Crippen molar-refractivity contribution in [3.63, 3.8) is 0 Å². The Morgan fingerprint density at radius 2 is 1.65 bits per heavy atom. The van der Waals surface area contributed by atoms with Gasteiger partial charge in [-0.15, -0.1) is 0 Å². The number of Topliss-reactive ketones (excluding diaryl/α,β-unsaturated/α-hetero) is 1. The van der Waals surface area contributed by atoms with Crippen LogP contribution in [-0.4, -0.2) is 30.5 Å². The van der Waals surface area contributed by atoms with E-state index in [9.17, 15) is 14.7 Å². The van der Waals surface area contributed by atoms with Gasteiger partial charge in [0.05, 0.1) is 25.3 Å². The van der Waals surface area contributed by atoms with Gasteiger partial charge in [0.2, 0.25) is 0 Å². The maximum Gasteiger partial charge on any atom is 0.300 e. The number of ketones is 1. The average molecular weight is 478 g/mol. The quantitative estimate of drug-likeness (QED) is 0.281. The molecule has 1 unspecified atom stereocenters. The van der Waals surface area contributed by atoms with Gasteiger partial charge in [-0.1, -0.05) is 23.7 Å². The molecule has 34 heavy (non-hydrogen) atoms. The predicted octanol–water partition coefficient (Wildman–Crippen LogP) is 5.68. The summed E-state index contributed by atoms with van der Waals surface area (Å²) in [5.41, 5.74) is 2.32. The number of anilines is 1. The van der Waals surface area contributed by atoms with Crippen molar-refractivity contribution >= 4 is 34.7 Å². The SMILES string of the molecule is CCOc1ccc(C2/C(=C(/O)c3ccc(OC)cc3C)C(=O)C(=O)N2c2ccc(Cl)cc2)cc1. The monoisotopic (exact) mass is 477 g/mol. The third kappa shape index (κ3) is 4.24. The molecule has 0 bridgehead atoms. The molecule has 3 aromatic carbocycles. The Morgan fingerprint density at radius 1 is 1.00 bits per heavy atom. The molecule has 1 N–H and O–H groups in total. The fourth-order valence-electron chi connectivity index (χ4n) is 4.10. The van der Waals surface area contributed by atoms with Gasteiger partial charge in [-0.25, -0.2) is 0 Å². The van der Waals surface area contributed by atoms with Crippen molar-refractivity contribution in [3.8, 4) is 11.5 Å². The highest BCUT2D eigenvalue weighted by atomic mass is 35.5. The molecule has 0 aromatic heterocycles. The van der Waals surface area contributed by atoms with E-state index in [0.29, 0.717) is 45.5 Å². The summed E-state index contributed by atoms with van der Waals surface area (Å²) in [6.07, 6.45) is 0. The van der Waals surface area contributed by atoms with Crippen molar-refractivity contribution < 1.29 is 24.2 Å². The average Bonchev–Trinajstić information content (AvgIpc) is 3.10. The van der Waals surface area contributed by atoms with Crippen LogP contribution in [0.1, 0.15) is 29.7 Å². The molecule has 0 radical (unpaired) electrons. The number of ether oxygens (including phenoxy) is 2. The van der Waals surface area contributed by atoms with E-state index < -0.39 is 17.7 Å². The zero-order valence-corrected chi connectivity index (χ0v) is 19.8. The molecule has 0 aliphatic carbocycles. The van der Waals surface area contributed by atoms with Gasteiger partial charge < -0.3 is 14.6 Å². The van der Waals surface area contributed by atoms with E-state index in [1.807, 2.05) is 6.92 Å². The van der Waals surface area contributed by atoms with E-state index in [1.54, 1.807) is 80.8 Å².